The number of ketones is 1. The second kappa shape index (κ2) is 24.0. The molecule has 0 saturated carbocycles. The summed E-state index contributed by atoms with van der Waals surface area (Å²) in [5, 5.41) is 42.0. The van der Waals surface area contributed by atoms with Crippen LogP contribution in [-0.4, -0.2) is 134 Å². The van der Waals surface area contributed by atoms with Crippen LogP contribution in [0.3, 0.4) is 0 Å². The number of carboxylic acids is 3. The van der Waals surface area contributed by atoms with Crippen LogP contribution in [0.25, 0.3) is 0 Å². The summed E-state index contributed by atoms with van der Waals surface area (Å²) in [6.07, 6.45) is -1.15. The van der Waals surface area contributed by atoms with Crippen LogP contribution in [0.15, 0.2) is 30.3 Å². The van der Waals surface area contributed by atoms with Crippen LogP contribution in [0.2, 0.25) is 0 Å². The predicted octanol–water partition coefficient (Wildman–Crippen LogP) is -0.990. The van der Waals surface area contributed by atoms with E-state index in [0.717, 1.165) is 6.92 Å². The lowest BCUT2D eigenvalue weighted by Crippen LogP contribution is -2.65. The van der Waals surface area contributed by atoms with Crippen LogP contribution in [0.1, 0.15) is 91.5 Å². The summed E-state index contributed by atoms with van der Waals surface area (Å²) >= 11 is 0. The van der Waals surface area contributed by atoms with E-state index in [-0.39, 0.29) is 32.2 Å². The average molecular weight is 860 g/mol. The molecule has 0 aliphatic carbocycles. The standard InChI is InChI=1S/C40H57N7O14/c1-6-11-25(33(55)37(59)41-21-31(53)54)43-36(58)28-14-10-19-47(28)38(60)32(22(2)3)45-39(61)40(5,20-24-12-8-7-9-13-24)46-35(57)27(16-18-30(51)52)44-34(56)26(42-23(4)48)15-17-29(49)50/h7-9,12-13,22,25-28,32H,6,10-11,14-21H2,1-5H3,(H,41,59)(H,42,48)(H,43,58)(H,44,56)(H,45,61)(H,46,57)(H,49,50)(H,51,52)(H,53,54)/t25-,26-,27-,28-,32-,40-/m0/s1. The highest BCUT2D eigenvalue weighted by Gasteiger charge is 2.44. The number of hydrogen-bond acceptors (Lipinski definition) is 11. The third-order valence-electron chi connectivity index (χ3n) is 9.81. The van der Waals surface area contributed by atoms with E-state index < -0.39 is 133 Å². The number of nitrogens with zero attached hydrogens (tertiary/aromatic N) is 1. The van der Waals surface area contributed by atoms with Crippen molar-refractivity contribution in [2.75, 3.05) is 13.1 Å². The molecule has 0 radical (unpaired) electrons. The van der Waals surface area contributed by atoms with Crippen molar-refractivity contribution in [1.82, 2.24) is 36.8 Å². The normalized spacial score (nSPS) is 16.4. The van der Waals surface area contributed by atoms with E-state index >= 15 is 0 Å². The third-order valence-corrected chi connectivity index (χ3v) is 9.81. The zero-order valence-corrected chi connectivity index (χ0v) is 34.9. The van der Waals surface area contributed by atoms with Crippen molar-refractivity contribution >= 4 is 65.0 Å². The van der Waals surface area contributed by atoms with Gasteiger partial charge in [-0.15, -0.1) is 0 Å². The Morgan fingerprint density at radius 3 is 1.89 bits per heavy atom. The predicted molar refractivity (Wildman–Crippen MR) is 214 cm³/mol. The number of hydrogen-bond donors (Lipinski definition) is 9. The number of amides is 7. The molecule has 1 saturated heterocycles. The summed E-state index contributed by atoms with van der Waals surface area (Å²) < 4.78 is 0. The fourth-order valence-electron chi connectivity index (χ4n) is 6.66. The minimum atomic E-state index is -1.88. The Labute approximate surface area is 352 Å². The molecular formula is C40H57N7O14. The summed E-state index contributed by atoms with van der Waals surface area (Å²) in [6.45, 7) is 6.73. The second-order valence-corrected chi connectivity index (χ2v) is 15.3. The molecule has 0 bridgehead atoms. The number of benzene rings is 1. The number of carbonyl (C=O) groups excluding carboxylic acids is 8. The van der Waals surface area contributed by atoms with Crippen LogP contribution < -0.4 is 31.9 Å². The van der Waals surface area contributed by atoms with Crippen molar-refractivity contribution in [1.29, 1.82) is 0 Å². The maximum atomic E-state index is 14.4. The Morgan fingerprint density at radius 2 is 1.36 bits per heavy atom. The lowest BCUT2D eigenvalue weighted by molar-refractivity contribution is -0.145. The zero-order chi connectivity index (χ0) is 46.0. The van der Waals surface area contributed by atoms with Crippen LogP contribution in [-0.2, 0) is 59.2 Å². The Morgan fingerprint density at radius 1 is 0.770 bits per heavy atom. The molecule has 1 aromatic carbocycles. The Balaban J connectivity index is 2.42. The highest BCUT2D eigenvalue weighted by molar-refractivity contribution is 6.38. The monoisotopic (exact) mass is 859 g/mol. The molecule has 21 heteroatoms. The van der Waals surface area contributed by atoms with Gasteiger partial charge < -0.3 is 52.1 Å². The lowest BCUT2D eigenvalue weighted by Gasteiger charge is -2.36. The van der Waals surface area contributed by atoms with Crippen molar-refractivity contribution in [3.63, 3.8) is 0 Å². The van der Waals surface area contributed by atoms with Crippen LogP contribution in [0.4, 0.5) is 0 Å². The Bertz CT molecular complexity index is 1810. The molecule has 21 nitrogen and oxygen atoms in total. The molecule has 61 heavy (non-hydrogen) atoms. The second-order valence-electron chi connectivity index (χ2n) is 15.3. The zero-order valence-electron chi connectivity index (χ0n) is 34.9. The maximum Gasteiger partial charge on any atom is 0.322 e. The number of carbonyl (C=O) groups is 11. The van der Waals surface area contributed by atoms with Gasteiger partial charge in [0, 0.05) is 32.7 Å². The van der Waals surface area contributed by atoms with E-state index in [1.807, 2.05) is 5.32 Å². The molecule has 336 valence electrons. The molecule has 1 fully saturated rings. The number of Topliss-reactive ketones (excluding diaryl/α,β-unsaturated/α-hetero) is 1. The quantitative estimate of drug-likeness (QED) is 0.0534. The van der Waals surface area contributed by atoms with Gasteiger partial charge >= 0.3 is 17.9 Å². The minimum absolute atomic E-state index is 0.0452. The van der Waals surface area contributed by atoms with Gasteiger partial charge in [-0.1, -0.05) is 57.5 Å². The van der Waals surface area contributed by atoms with E-state index in [2.05, 4.69) is 26.6 Å². The smallest absolute Gasteiger partial charge is 0.322 e. The summed E-state index contributed by atoms with van der Waals surface area (Å²) in [7, 11) is 0. The molecule has 0 spiro atoms. The van der Waals surface area contributed by atoms with Crippen molar-refractivity contribution in [2.45, 2.75) is 128 Å². The molecule has 6 atom stereocenters. The molecule has 1 aliphatic heterocycles. The van der Waals surface area contributed by atoms with E-state index in [9.17, 15) is 57.8 Å². The Kier molecular flexibility index (Phi) is 20.0. The fraction of sp³-hybridized carbons (Fsp3) is 0.575. The first-order chi connectivity index (χ1) is 28.6. The van der Waals surface area contributed by atoms with Crippen LogP contribution >= 0.6 is 0 Å². The van der Waals surface area contributed by atoms with Crippen LogP contribution in [0.5, 0.6) is 0 Å². The molecule has 0 unspecified atom stereocenters. The van der Waals surface area contributed by atoms with E-state index in [1.165, 1.54) is 11.8 Å². The summed E-state index contributed by atoms with van der Waals surface area (Å²) in [5.74, 6) is -11.7. The van der Waals surface area contributed by atoms with Crippen molar-refractivity contribution < 1.29 is 68.1 Å². The molecule has 2 rings (SSSR count). The maximum absolute atomic E-state index is 14.4. The Hall–Kier alpha value is -6.41. The van der Waals surface area contributed by atoms with E-state index in [1.54, 1.807) is 51.1 Å². The molecule has 1 heterocycles. The largest absolute Gasteiger partial charge is 0.481 e. The van der Waals surface area contributed by atoms with Gasteiger partial charge in [0.15, 0.2) is 0 Å². The van der Waals surface area contributed by atoms with E-state index in [0.29, 0.717) is 18.4 Å². The van der Waals surface area contributed by atoms with Crippen molar-refractivity contribution in [2.24, 2.45) is 5.92 Å². The number of rotatable bonds is 25. The van der Waals surface area contributed by atoms with Gasteiger partial charge in [0.05, 0.1) is 6.04 Å². The summed E-state index contributed by atoms with van der Waals surface area (Å²) in [4.78, 5) is 141. The van der Waals surface area contributed by atoms with Crippen LogP contribution in [0, 0.1) is 5.92 Å². The number of carboxylic acid groups (broad SMARTS) is 3. The molecule has 7 amide bonds. The topological polar surface area (TPSA) is 324 Å². The first-order valence-electron chi connectivity index (χ1n) is 19.9. The number of aliphatic carboxylic acids is 3. The molecule has 1 aromatic rings. The average Bonchev–Trinajstić information content (AvgIpc) is 3.68. The number of likely N-dealkylation sites (tertiary alicyclic amines) is 1. The van der Waals surface area contributed by atoms with Gasteiger partial charge in [0.2, 0.25) is 41.2 Å². The third kappa shape index (κ3) is 16.3. The highest BCUT2D eigenvalue weighted by atomic mass is 16.4. The first-order valence-corrected chi connectivity index (χ1v) is 19.9. The molecule has 0 aromatic heterocycles. The minimum Gasteiger partial charge on any atom is -0.481 e. The van der Waals surface area contributed by atoms with E-state index in [4.69, 9.17) is 10.2 Å². The highest BCUT2D eigenvalue weighted by Crippen LogP contribution is 2.23. The fourth-order valence-corrected chi connectivity index (χ4v) is 6.66. The van der Waals surface area contributed by atoms with Crippen molar-refractivity contribution in [3.05, 3.63) is 35.9 Å². The molecular weight excluding hydrogens is 802 g/mol. The summed E-state index contributed by atoms with van der Waals surface area (Å²) in [6, 6.07) is 1.75. The van der Waals surface area contributed by atoms with Gasteiger partial charge in [-0.2, -0.15) is 0 Å². The summed E-state index contributed by atoms with van der Waals surface area (Å²) in [5.41, 5.74) is -1.32. The lowest BCUT2D eigenvalue weighted by atomic mass is 9.89. The van der Waals surface area contributed by atoms with Gasteiger partial charge in [0.1, 0.15) is 36.3 Å². The SMILES string of the molecule is CCC[C@H](NC(=O)[C@@H]1CCCN1C(=O)[C@@H](NC(=O)[C@](C)(Cc1ccccc1)NC(=O)[C@H](CCC(=O)O)NC(=O)[C@H](CCC(=O)O)NC(C)=O)C(C)C)C(=O)C(=O)NCC(=O)O. The van der Waals surface area contributed by atoms with Crippen molar-refractivity contribution in [3.8, 4) is 0 Å². The molecule has 9 N–H and O–H groups in total. The van der Waals surface area contributed by atoms with Gasteiger partial charge in [-0.3, -0.25) is 52.7 Å². The molecule has 1 aliphatic rings. The first kappa shape index (κ1) is 50.7. The van der Waals surface area contributed by atoms with Gasteiger partial charge in [-0.25, -0.2) is 0 Å². The number of nitrogens with one attached hydrogen (secondary N) is 6. The van der Waals surface area contributed by atoms with Gasteiger partial charge in [-0.05, 0) is 50.5 Å². The van der Waals surface area contributed by atoms with Gasteiger partial charge in [0.25, 0.3) is 5.91 Å².